The number of aromatic nitrogens is 2. The molecule has 0 unspecified atom stereocenters. The molecule has 0 spiro atoms. The van der Waals surface area contributed by atoms with E-state index in [0.717, 1.165) is 31.7 Å². The standard InChI is InChI=1S/C17H21N5O.2H2/c1-19-12-7-10-22(11-8-12)15-6-2-5-14(21-15)16(23)13-4-3-9-20-17(13)18;;/h2-6,9,12,19H,7-8,10-11H2,1H3,(H2,18,20);2*1H. The summed E-state index contributed by atoms with van der Waals surface area (Å²) in [5.74, 6) is 0.884. The zero-order chi connectivity index (χ0) is 16.2. The summed E-state index contributed by atoms with van der Waals surface area (Å²) in [4.78, 5) is 23.3. The molecule has 0 saturated carbocycles. The first-order chi connectivity index (χ1) is 11.2. The molecule has 0 aromatic carbocycles. The SMILES string of the molecule is CNC1CCN(c2cccc(C(=O)c3cccnc3N)n2)CC1.[HH].[HH]. The number of piperidine rings is 1. The number of pyridine rings is 2. The molecule has 3 rings (SSSR count). The molecule has 6 heteroatoms. The van der Waals surface area contributed by atoms with Crippen LogP contribution >= 0.6 is 0 Å². The summed E-state index contributed by atoms with van der Waals surface area (Å²) in [6, 6.07) is 9.48. The van der Waals surface area contributed by atoms with Gasteiger partial charge in [0.2, 0.25) is 5.78 Å². The van der Waals surface area contributed by atoms with Crippen molar-refractivity contribution in [1.29, 1.82) is 0 Å². The Balaban J connectivity index is 0.00000156. The molecule has 1 aliphatic rings. The van der Waals surface area contributed by atoms with Crippen molar-refractivity contribution in [2.75, 3.05) is 30.8 Å². The maximum absolute atomic E-state index is 12.6. The number of carbonyl (C=O) groups is 1. The molecule has 1 aliphatic heterocycles. The van der Waals surface area contributed by atoms with Gasteiger partial charge in [-0.1, -0.05) is 6.07 Å². The minimum absolute atomic E-state index is 0. The van der Waals surface area contributed by atoms with Gasteiger partial charge in [0.25, 0.3) is 0 Å². The van der Waals surface area contributed by atoms with Gasteiger partial charge >= 0.3 is 0 Å². The van der Waals surface area contributed by atoms with Crippen molar-refractivity contribution in [2.45, 2.75) is 18.9 Å². The predicted octanol–water partition coefficient (Wildman–Crippen LogP) is 1.97. The van der Waals surface area contributed by atoms with Crippen LogP contribution in [-0.2, 0) is 0 Å². The van der Waals surface area contributed by atoms with Crippen LogP contribution in [0, 0.1) is 0 Å². The number of nitrogens with two attached hydrogens (primary N) is 1. The molecular formula is C17H25N5O. The highest BCUT2D eigenvalue weighted by molar-refractivity contribution is 6.10. The summed E-state index contributed by atoms with van der Waals surface area (Å²) < 4.78 is 0. The zero-order valence-corrected chi connectivity index (χ0v) is 13.2. The van der Waals surface area contributed by atoms with Crippen molar-refractivity contribution in [1.82, 2.24) is 15.3 Å². The van der Waals surface area contributed by atoms with Gasteiger partial charge in [0.15, 0.2) is 0 Å². The molecule has 0 amide bonds. The largest absolute Gasteiger partial charge is 0.383 e. The van der Waals surface area contributed by atoms with Crippen LogP contribution in [0.15, 0.2) is 36.5 Å². The van der Waals surface area contributed by atoms with Gasteiger partial charge in [-0.15, -0.1) is 0 Å². The summed E-state index contributed by atoms with van der Waals surface area (Å²) in [6.07, 6.45) is 3.72. The number of nitrogen functional groups attached to an aromatic ring is 1. The molecule has 23 heavy (non-hydrogen) atoms. The second-order valence-corrected chi connectivity index (χ2v) is 5.70. The van der Waals surface area contributed by atoms with Crippen LogP contribution in [0.2, 0.25) is 0 Å². The highest BCUT2D eigenvalue weighted by atomic mass is 16.1. The second-order valence-electron chi connectivity index (χ2n) is 5.70. The minimum Gasteiger partial charge on any atom is -0.383 e. The van der Waals surface area contributed by atoms with E-state index in [1.165, 1.54) is 0 Å². The van der Waals surface area contributed by atoms with E-state index in [4.69, 9.17) is 5.73 Å². The molecule has 3 heterocycles. The Morgan fingerprint density at radius 1 is 1.30 bits per heavy atom. The number of hydrogen-bond donors (Lipinski definition) is 2. The van der Waals surface area contributed by atoms with E-state index in [0.29, 0.717) is 17.3 Å². The topological polar surface area (TPSA) is 84.1 Å². The smallest absolute Gasteiger partial charge is 0.215 e. The average molecular weight is 315 g/mol. The molecule has 124 valence electrons. The molecule has 0 aliphatic carbocycles. The Bertz CT molecular complexity index is 705. The van der Waals surface area contributed by atoms with E-state index in [1.54, 1.807) is 24.4 Å². The van der Waals surface area contributed by atoms with Crippen molar-refractivity contribution in [3.05, 3.63) is 47.8 Å². The first-order valence-corrected chi connectivity index (χ1v) is 7.83. The summed E-state index contributed by atoms with van der Waals surface area (Å²) >= 11 is 0. The summed E-state index contributed by atoms with van der Waals surface area (Å²) in [6.45, 7) is 1.87. The number of nitrogens with one attached hydrogen (secondary N) is 1. The number of hydrogen-bond acceptors (Lipinski definition) is 6. The Morgan fingerprint density at radius 2 is 2.09 bits per heavy atom. The Hall–Kier alpha value is -2.47. The van der Waals surface area contributed by atoms with E-state index in [2.05, 4.69) is 20.2 Å². The zero-order valence-electron chi connectivity index (χ0n) is 13.2. The van der Waals surface area contributed by atoms with E-state index >= 15 is 0 Å². The first kappa shape index (κ1) is 15.4. The lowest BCUT2D eigenvalue weighted by Crippen LogP contribution is -2.41. The monoisotopic (exact) mass is 315 g/mol. The third kappa shape index (κ3) is 3.32. The number of ketones is 1. The van der Waals surface area contributed by atoms with Crippen LogP contribution in [0.1, 0.15) is 31.7 Å². The van der Waals surface area contributed by atoms with Crippen molar-refractivity contribution < 1.29 is 7.65 Å². The highest BCUT2D eigenvalue weighted by Crippen LogP contribution is 2.20. The van der Waals surface area contributed by atoms with Gasteiger partial charge < -0.3 is 16.0 Å². The van der Waals surface area contributed by atoms with Gasteiger partial charge in [-0.25, -0.2) is 9.97 Å². The third-order valence-electron chi connectivity index (χ3n) is 4.28. The highest BCUT2D eigenvalue weighted by Gasteiger charge is 2.20. The van der Waals surface area contributed by atoms with Gasteiger partial charge in [-0.2, -0.15) is 0 Å². The average Bonchev–Trinajstić information content (AvgIpc) is 2.62. The summed E-state index contributed by atoms with van der Waals surface area (Å²) in [7, 11) is 2.00. The molecule has 6 nitrogen and oxygen atoms in total. The lowest BCUT2D eigenvalue weighted by molar-refractivity contribution is 0.103. The molecule has 2 aromatic rings. The molecule has 0 radical (unpaired) electrons. The second kappa shape index (κ2) is 6.75. The molecule has 1 saturated heterocycles. The van der Waals surface area contributed by atoms with Crippen LogP contribution in [0.4, 0.5) is 11.6 Å². The van der Waals surface area contributed by atoms with Crippen LogP contribution in [0.5, 0.6) is 0 Å². The van der Waals surface area contributed by atoms with Gasteiger partial charge in [-0.3, -0.25) is 4.79 Å². The van der Waals surface area contributed by atoms with Crippen molar-refractivity contribution in [3.8, 4) is 0 Å². The molecule has 0 atom stereocenters. The van der Waals surface area contributed by atoms with E-state index in [-0.39, 0.29) is 14.5 Å². The fourth-order valence-corrected chi connectivity index (χ4v) is 2.87. The van der Waals surface area contributed by atoms with Crippen LogP contribution < -0.4 is 16.0 Å². The third-order valence-corrected chi connectivity index (χ3v) is 4.28. The van der Waals surface area contributed by atoms with Crippen LogP contribution in [0.25, 0.3) is 0 Å². The molecule has 0 bridgehead atoms. The van der Waals surface area contributed by atoms with Gasteiger partial charge in [0.1, 0.15) is 17.3 Å². The maximum Gasteiger partial charge on any atom is 0.215 e. The number of nitrogens with zero attached hydrogens (tertiary/aromatic N) is 3. The molecule has 3 N–H and O–H groups in total. The molecular weight excluding hydrogens is 290 g/mol. The molecule has 2 aromatic heterocycles. The fourth-order valence-electron chi connectivity index (χ4n) is 2.87. The lowest BCUT2D eigenvalue weighted by Gasteiger charge is -2.32. The number of anilines is 2. The fraction of sp³-hybridized carbons (Fsp3) is 0.353. The van der Waals surface area contributed by atoms with Crippen molar-refractivity contribution in [2.24, 2.45) is 0 Å². The van der Waals surface area contributed by atoms with Crippen molar-refractivity contribution in [3.63, 3.8) is 0 Å². The Kier molecular flexibility index (Phi) is 4.52. The van der Waals surface area contributed by atoms with Gasteiger partial charge in [0, 0.05) is 28.2 Å². The summed E-state index contributed by atoms with van der Waals surface area (Å²) in [5, 5.41) is 3.31. The first-order valence-electron chi connectivity index (χ1n) is 7.83. The lowest BCUT2D eigenvalue weighted by atomic mass is 10.1. The maximum atomic E-state index is 12.6. The predicted molar refractivity (Wildman–Crippen MR) is 94.8 cm³/mol. The van der Waals surface area contributed by atoms with Gasteiger partial charge in [0.05, 0.1) is 5.56 Å². The Labute approximate surface area is 138 Å². The number of carbonyl (C=O) groups excluding carboxylic acids is 1. The van der Waals surface area contributed by atoms with E-state index in [1.807, 2.05) is 19.2 Å². The summed E-state index contributed by atoms with van der Waals surface area (Å²) in [5.41, 5.74) is 6.59. The van der Waals surface area contributed by atoms with Crippen LogP contribution in [-0.4, -0.2) is 41.9 Å². The molecule has 1 fully saturated rings. The normalized spacial score (nSPS) is 15.6. The van der Waals surface area contributed by atoms with E-state index in [9.17, 15) is 4.79 Å². The van der Waals surface area contributed by atoms with E-state index < -0.39 is 0 Å². The minimum atomic E-state index is -0.192. The van der Waals surface area contributed by atoms with Gasteiger partial charge in [-0.05, 0) is 44.2 Å². The quantitative estimate of drug-likeness (QED) is 0.839. The van der Waals surface area contributed by atoms with Crippen molar-refractivity contribution >= 4 is 17.4 Å². The Morgan fingerprint density at radius 3 is 2.78 bits per heavy atom. The van der Waals surface area contributed by atoms with Crippen LogP contribution in [0.3, 0.4) is 0 Å². The number of rotatable bonds is 4.